The summed E-state index contributed by atoms with van der Waals surface area (Å²) in [5.41, 5.74) is 7.16. The van der Waals surface area contributed by atoms with Crippen LogP contribution >= 0.6 is 0 Å². The van der Waals surface area contributed by atoms with E-state index < -0.39 is 0 Å². The summed E-state index contributed by atoms with van der Waals surface area (Å²) in [4.78, 5) is 2.38. The topological polar surface area (TPSA) is 38.5 Å². The van der Waals surface area contributed by atoms with Gasteiger partial charge in [0.1, 0.15) is 5.82 Å². The fourth-order valence-corrected chi connectivity index (χ4v) is 3.05. The van der Waals surface area contributed by atoms with Gasteiger partial charge < -0.3 is 10.5 Å². The van der Waals surface area contributed by atoms with Crippen LogP contribution in [0.2, 0.25) is 0 Å². The van der Waals surface area contributed by atoms with E-state index in [1.54, 1.807) is 12.1 Å². The van der Waals surface area contributed by atoms with Crippen molar-refractivity contribution in [2.45, 2.75) is 51.4 Å². The number of hydrogen-bond donors (Lipinski definition) is 1. The Labute approximate surface area is 120 Å². The molecule has 2 N–H and O–H groups in total. The molecule has 0 aliphatic carbocycles. The van der Waals surface area contributed by atoms with Gasteiger partial charge in [0.25, 0.3) is 0 Å². The molecule has 0 bridgehead atoms. The van der Waals surface area contributed by atoms with E-state index in [1.807, 2.05) is 13.0 Å². The summed E-state index contributed by atoms with van der Waals surface area (Å²) >= 11 is 0. The molecule has 1 aromatic rings. The van der Waals surface area contributed by atoms with Crippen molar-refractivity contribution in [3.63, 3.8) is 0 Å². The Morgan fingerprint density at radius 1 is 1.50 bits per heavy atom. The van der Waals surface area contributed by atoms with Crippen LogP contribution in [0, 0.1) is 5.82 Å². The number of ether oxygens (including phenoxy) is 1. The molecule has 4 heteroatoms. The molecule has 1 fully saturated rings. The van der Waals surface area contributed by atoms with E-state index >= 15 is 0 Å². The fourth-order valence-electron chi connectivity index (χ4n) is 3.05. The SMILES string of the molecule is CCC1COC(C)CN1C(c1cccc(F)c1)C(C)N. The van der Waals surface area contributed by atoms with Crippen LogP contribution in [0.5, 0.6) is 0 Å². The number of morpholine rings is 1. The number of rotatable bonds is 4. The lowest BCUT2D eigenvalue weighted by molar-refractivity contribution is -0.0762. The third-order valence-electron chi connectivity index (χ3n) is 4.03. The molecule has 1 heterocycles. The van der Waals surface area contributed by atoms with Gasteiger partial charge >= 0.3 is 0 Å². The van der Waals surface area contributed by atoms with Gasteiger partial charge in [-0.15, -0.1) is 0 Å². The van der Waals surface area contributed by atoms with Crippen molar-refractivity contribution >= 4 is 0 Å². The van der Waals surface area contributed by atoms with Crippen LogP contribution in [-0.4, -0.2) is 36.2 Å². The first-order valence-electron chi connectivity index (χ1n) is 7.41. The highest BCUT2D eigenvalue weighted by atomic mass is 19.1. The summed E-state index contributed by atoms with van der Waals surface area (Å²) in [5.74, 6) is -0.206. The van der Waals surface area contributed by atoms with Crippen LogP contribution < -0.4 is 5.73 Å². The molecule has 4 unspecified atom stereocenters. The molecule has 3 nitrogen and oxygen atoms in total. The Balaban J connectivity index is 2.31. The third-order valence-corrected chi connectivity index (χ3v) is 4.03. The number of nitrogens with two attached hydrogens (primary N) is 1. The normalized spacial score (nSPS) is 27.2. The first kappa shape index (κ1) is 15.4. The minimum Gasteiger partial charge on any atom is -0.376 e. The highest BCUT2D eigenvalue weighted by Crippen LogP contribution is 2.30. The third kappa shape index (κ3) is 3.37. The van der Waals surface area contributed by atoms with Gasteiger partial charge in [-0.05, 0) is 38.0 Å². The van der Waals surface area contributed by atoms with Crippen LogP contribution in [0.1, 0.15) is 38.8 Å². The van der Waals surface area contributed by atoms with E-state index in [2.05, 4.69) is 18.7 Å². The smallest absolute Gasteiger partial charge is 0.123 e. The van der Waals surface area contributed by atoms with E-state index in [-0.39, 0.29) is 24.0 Å². The van der Waals surface area contributed by atoms with Gasteiger partial charge in [-0.3, -0.25) is 4.90 Å². The lowest BCUT2D eigenvalue weighted by Gasteiger charge is -2.44. The number of nitrogens with zero attached hydrogens (tertiary/aromatic N) is 1. The zero-order valence-corrected chi connectivity index (χ0v) is 12.6. The maximum Gasteiger partial charge on any atom is 0.123 e. The minimum absolute atomic E-state index is 0.0296. The molecule has 1 saturated heterocycles. The lowest BCUT2D eigenvalue weighted by Crippen LogP contribution is -2.53. The molecule has 1 aromatic carbocycles. The van der Waals surface area contributed by atoms with Crippen molar-refractivity contribution in [1.29, 1.82) is 0 Å². The van der Waals surface area contributed by atoms with E-state index in [1.165, 1.54) is 6.07 Å². The highest BCUT2D eigenvalue weighted by molar-refractivity contribution is 5.22. The van der Waals surface area contributed by atoms with Gasteiger partial charge in [0.05, 0.1) is 18.8 Å². The van der Waals surface area contributed by atoms with Gasteiger partial charge in [-0.1, -0.05) is 19.1 Å². The van der Waals surface area contributed by atoms with Crippen molar-refractivity contribution in [1.82, 2.24) is 4.90 Å². The average molecular weight is 280 g/mol. The van der Waals surface area contributed by atoms with Crippen LogP contribution in [0.25, 0.3) is 0 Å². The van der Waals surface area contributed by atoms with E-state index in [0.717, 1.165) is 25.1 Å². The zero-order valence-electron chi connectivity index (χ0n) is 12.6. The standard InChI is InChI=1S/C16H25FN2O/c1-4-15-10-20-11(2)9-19(15)16(12(3)18)13-6-5-7-14(17)8-13/h5-8,11-12,15-16H,4,9-10,18H2,1-3H3. The minimum atomic E-state index is -0.206. The maximum absolute atomic E-state index is 13.5. The van der Waals surface area contributed by atoms with Gasteiger partial charge in [-0.25, -0.2) is 4.39 Å². The van der Waals surface area contributed by atoms with Crippen molar-refractivity contribution in [2.24, 2.45) is 5.73 Å². The Morgan fingerprint density at radius 2 is 2.25 bits per heavy atom. The van der Waals surface area contributed by atoms with Gasteiger partial charge in [0.2, 0.25) is 0 Å². The first-order valence-corrected chi connectivity index (χ1v) is 7.41. The maximum atomic E-state index is 13.5. The predicted octanol–water partition coefficient (Wildman–Crippen LogP) is 2.71. The van der Waals surface area contributed by atoms with Crippen LogP contribution in [0.15, 0.2) is 24.3 Å². The summed E-state index contributed by atoms with van der Waals surface area (Å²) in [6.07, 6.45) is 1.19. The second-order valence-corrected chi connectivity index (χ2v) is 5.76. The van der Waals surface area contributed by atoms with E-state index in [0.29, 0.717) is 6.04 Å². The monoisotopic (exact) mass is 280 g/mol. The summed E-state index contributed by atoms with van der Waals surface area (Å²) in [7, 11) is 0. The van der Waals surface area contributed by atoms with Crippen LogP contribution in [0.3, 0.4) is 0 Å². The van der Waals surface area contributed by atoms with Gasteiger partial charge in [0, 0.05) is 18.6 Å². The number of halogens is 1. The molecule has 0 amide bonds. The zero-order chi connectivity index (χ0) is 14.7. The number of benzene rings is 1. The summed E-state index contributed by atoms with van der Waals surface area (Å²) in [5, 5.41) is 0. The first-order chi connectivity index (χ1) is 9.52. The van der Waals surface area contributed by atoms with Crippen LogP contribution in [0.4, 0.5) is 4.39 Å². The molecular formula is C16H25FN2O. The number of hydrogen-bond acceptors (Lipinski definition) is 3. The molecule has 4 atom stereocenters. The Bertz CT molecular complexity index is 438. The quantitative estimate of drug-likeness (QED) is 0.921. The van der Waals surface area contributed by atoms with E-state index in [9.17, 15) is 4.39 Å². The molecule has 1 aliphatic rings. The lowest BCUT2D eigenvalue weighted by atomic mass is 9.95. The molecular weight excluding hydrogens is 255 g/mol. The van der Waals surface area contributed by atoms with Gasteiger partial charge in [0.15, 0.2) is 0 Å². The predicted molar refractivity (Wildman–Crippen MR) is 79.0 cm³/mol. The molecule has 0 aromatic heterocycles. The Kier molecular flexibility index (Phi) is 5.13. The molecule has 112 valence electrons. The van der Waals surface area contributed by atoms with E-state index in [4.69, 9.17) is 10.5 Å². The summed E-state index contributed by atoms with van der Waals surface area (Å²) in [6.45, 7) is 7.77. The Morgan fingerprint density at radius 3 is 2.85 bits per heavy atom. The van der Waals surface area contributed by atoms with Gasteiger partial charge in [-0.2, -0.15) is 0 Å². The van der Waals surface area contributed by atoms with Crippen molar-refractivity contribution in [3.05, 3.63) is 35.6 Å². The molecule has 0 radical (unpaired) electrons. The second kappa shape index (κ2) is 6.66. The summed E-state index contributed by atoms with van der Waals surface area (Å²) < 4.78 is 19.3. The van der Waals surface area contributed by atoms with Crippen molar-refractivity contribution in [3.8, 4) is 0 Å². The average Bonchev–Trinajstić information content (AvgIpc) is 2.39. The van der Waals surface area contributed by atoms with Crippen molar-refractivity contribution < 1.29 is 9.13 Å². The highest BCUT2D eigenvalue weighted by Gasteiger charge is 2.33. The second-order valence-electron chi connectivity index (χ2n) is 5.76. The van der Waals surface area contributed by atoms with Crippen LogP contribution in [-0.2, 0) is 4.74 Å². The largest absolute Gasteiger partial charge is 0.376 e. The molecule has 2 rings (SSSR count). The molecule has 1 aliphatic heterocycles. The fraction of sp³-hybridized carbons (Fsp3) is 0.625. The molecule has 20 heavy (non-hydrogen) atoms. The summed E-state index contributed by atoms with van der Waals surface area (Å²) in [6, 6.07) is 7.10. The Hall–Kier alpha value is -0.970. The van der Waals surface area contributed by atoms with Crippen molar-refractivity contribution in [2.75, 3.05) is 13.2 Å². The molecule has 0 spiro atoms. The molecule has 0 saturated carbocycles.